The number of aromatic nitrogens is 2. The standard InChI is InChI=1S/C26H38N4O2/c1-5-20(24(32)27-4)29-23(31)19-8-7-17-16-6-9-21-26(3,18(16)10-12-25(17,19)2)13-11-22-28-14-15-30(21)22/h11,13-21H,5-10,12H2,1-4H3,(H,27,32)(H,29,31)/t16-,17-,18-,19+,20-,21?,25-,26+/m0/s1. The van der Waals surface area contributed by atoms with E-state index in [2.05, 4.69) is 52.4 Å². The fraction of sp³-hybridized carbons (Fsp3) is 0.731. The van der Waals surface area contributed by atoms with Gasteiger partial charge in [0.25, 0.3) is 0 Å². The zero-order chi connectivity index (χ0) is 22.7. The lowest BCUT2D eigenvalue weighted by molar-refractivity contribution is -0.136. The molecule has 0 saturated heterocycles. The molecule has 1 aromatic rings. The Hall–Kier alpha value is -2.11. The zero-order valence-electron chi connectivity index (χ0n) is 19.9. The van der Waals surface area contributed by atoms with Crippen LogP contribution in [0.5, 0.6) is 0 Å². The van der Waals surface area contributed by atoms with Gasteiger partial charge >= 0.3 is 0 Å². The molecule has 174 valence electrons. The second kappa shape index (κ2) is 7.74. The summed E-state index contributed by atoms with van der Waals surface area (Å²) in [6, 6.07) is 0.0616. The molecule has 6 nitrogen and oxygen atoms in total. The Kier molecular flexibility index (Phi) is 5.25. The van der Waals surface area contributed by atoms with Gasteiger partial charge in [-0.25, -0.2) is 4.98 Å². The average molecular weight is 439 g/mol. The minimum atomic E-state index is -0.433. The number of carbonyl (C=O) groups is 2. The Labute approximate surface area is 191 Å². The SMILES string of the molecule is CC[C@H](NC(=O)[C@H]1CC[C@H]2[C@@H]3CCC4n5ccnc5C=C[C@]4(C)[C@H]3CC[C@]12C)C(=O)NC. The van der Waals surface area contributed by atoms with E-state index >= 15 is 0 Å². The summed E-state index contributed by atoms with van der Waals surface area (Å²) >= 11 is 0. The highest BCUT2D eigenvalue weighted by atomic mass is 16.2. The molecule has 5 rings (SSSR count). The van der Waals surface area contributed by atoms with Crippen LogP contribution in [0.25, 0.3) is 6.08 Å². The molecule has 3 aliphatic carbocycles. The van der Waals surface area contributed by atoms with Gasteiger partial charge in [-0.3, -0.25) is 9.59 Å². The predicted molar refractivity (Wildman–Crippen MR) is 124 cm³/mol. The smallest absolute Gasteiger partial charge is 0.242 e. The molecule has 0 spiro atoms. The zero-order valence-corrected chi connectivity index (χ0v) is 19.9. The third kappa shape index (κ3) is 3.01. The fourth-order valence-electron chi connectivity index (χ4n) is 8.25. The van der Waals surface area contributed by atoms with Gasteiger partial charge in [-0.15, -0.1) is 0 Å². The number of nitrogens with zero attached hydrogens (tertiary/aromatic N) is 2. The number of amides is 2. The second-order valence-corrected chi connectivity index (χ2v) is 11.1. The molecule has 32 heavy (non-hydrogen) atoms. The molecule has 2 amide bonds. The molecule has 6 heteroatoms. The summed E-state index contributed by atoms with van der Waals surface area (Å²) in [6.45, 7) is 6.78. The Morgan fingerprint density at radius 2 is 2.00 bits per heavy atom. The lowest BCUT2D eigenvalue weighted by atomic mass is 9.48. The summed E-state index contributed by atoms with van der Waals surface area (Å²) in [5.74, 6) is 3.01. The van der Waals surface area contributed by atoms with Crippen molar-refractivity contribution in [2.45, 2.75) is 77.8 Å². The van der Waals surface area contributed by atoms with E-state index < -0.39 is 6.04 Å². The molecule has 4 aliphatic rings. The maximum atomic E-state index is 13.3. The predicted octanol–water partition coefficient (Wildman–Crippen LogP) is 3.95. The molecule has 1 aromatic heterocycles. The summed E-state index contributed by atoms with van der Waals surface area (Å²) < 4.78 is 2.40. The van der Waals surface area contributed by atoms with Crippen molar-refractivity contribution in [2.75, 3.05) is 7.05 Å². The summed E-state index contributed by atoms with van der Waals surface area (Å²) in [5, 5.41) is 5.76. The van der Waals surface area contributed by atoms with Crippen molar-refractivity contribution < 1.29 is 9.59 Å². The molecule has 0 bridgehead atoms. The number of allylic oxidation sites excluding steroid dienone is 1. The van der Waals surface area contributed by atoms with Crippen LogP contribution >= 0.6 is 0 Å². The van der Waals surface area contributed by atoms with Crippen LogP contribution in [-0.2, 0) is 9.59 Å². The van der Waals surface area contributed by atoms with Crippen molar-refractivity contribution in [3.05, 3.63) is 24.3 Å². The van der Waals surface area contributed by atoms with Gasteiger partial charge in [0, 0.05) is 36.8 Å². The molecule has 0 aromatic carbocycles. The van der Waals surface area contributed by atoms with Gasteiger partial charge in [0.1, 0.15) is 11.9 Å². The molecular weight excluding hydrogens is 400 g/mol. The lowest BCUT2D eigenvalue weighted by Gasteiger charge is -2.59. The molecule has 1 unspecified atom stereocenters. The molecule has 3 fully saturated rings. The topological polar surface area (TPSA) is 76.0 Å². The number of fused-ring (bicyclic) bond motifs is 7. The van der Waals surface area contributed by atoms with Gasteiger partial charge in [0.05, 0.1) is 0 Å². The minimum Gasteiger partial charge on any atom is -0.357 e. The first-order valence-electron chi connectivity index (χ1n) is 12.6. The highest BCUT2D eigenvalue weighted by Gasteiger charge is 2.61. The Morgan fingerprint density at radius 3 is 2.75 bits per heavy atom. The number of nitrogens with one attached hydrogen (secondary N) is 2. The van der Waals surface area contributed by atoms with Gasteiger partial charge < -0.3 is 15.2 Å². The van der Waals surface area contributed by atoms with Crippen LogP contribution in [0.2, 0.25) is 0 Å². The van der Waals surface area contributed by atoms with Crippen molar-refractivity contribution in [1.29, 1.82) is 0 Å². The number of hydrogen-bond acceptors (Lipinski definition) is 3. The van der Waals surface area contributed by atoms with Gasteiger partial charge in [0.2, 0.25) is 11.8 Å². The van der Waals surface area contributed by atoms with E-state index in [9.17, 15) is 9.59 Å². The van der Waals surface area contributed by atoms with E-state index in [4.69, 9.17) is 0 Å². The van der Waals surface area contributed by atoms with E-state index in [0.29, 0.717) is 30.2 Å². The van der Waals surface area contributed by atoms with Crippen molar-refractivity contribution in [3.63, 3.8) is 0 Å². The third-order valence-corrected chi connectivity index (χ3v) is 9.96. The Balaban J connectivity index is 1.36. The van der Waals surface area contributed by atoms with Crippen molar-refractivity contribution in [3.8, 4) is 0 Å². The molecular formula is C26H38N4O2. The molecule has 8 atom stereocenters. The molecule has 2 N–H and O–H groups in total. The van der Waals surface area contributed by atoms with Gasteiger partial charge in [-0.2, -0.15) is 0 Å². The van der Waals surface area contributed by atoms with Crippen molar-refractivity contribution in [2.24, 2.45) is 34.5 Å². The van der Waals surface area contributed by atoms with E-state index in [1.165, 1.54) is 19.3 Å². The van der Waals surface area contributed by atoms with Crippen LogP contribution in [-0.4, -0.2) is 34.5 Å². The maximum Gasteiger partial charge on any atom is 0.242 e. The molecule has 0 radical (unpaired) electrons. The number of imidazole rings is 1. The first-order valence-corrected chi connectivity index (χ1v) is 12.6. The van der Waals surface area contributed by atoms with Crippen LogP contribution in [0.1, 0.15) is 77.6 Å². The van der Waals surface area contributed by atoms with Crippen LogP contribution in [0, 0.1) is 34.5 Å². The number of rotatable bonds is 4. The highest BCUT2D eigenvalue weighted by molar-refractivity contribution is 5.88. The van der Waals surface area contributed by atoms with Gasteiger partial charge in [-0.1, -0.05) is 26.8 Å². The van der Waals surface area contributed by atoms with Crippen LogP contribution in [0.4, 0.5) is 0 Å². The normalized spacial score (nSPS) is 40.4. The first-order chi connectivity index (χ1) is 15.3. The quantitative estimate of drug-likeness (QED) is 0.747. The summed E-state index contributed by atoms with van der Waals surface area (Å²) in [4.78, 5) is 30.0. The van der Waals surface area contributed by atoms with E-state index in [1.807, 2.05) is 13.1 Å². The van der Waals surface area contributed by atoms with Gasteiger partial charge in [0.15, 0.2) is 0 Å². The summed E-state index contributed by atoms with van der Waals surface area (Å²) in [6.07, 6.45) is 16.1. The van der Waals surface area contributed by atoms with Gasteiger partial charge in [-0.05, 0) is 74.2 Å². The highest BCUT2D eigenvalue weighted by Crippen LogP contribution is 2.67. The number of hydrogen-bond donors (Lipinski definition) is 2. The van der Waals surface area contributed by atoms with E-state index in [-0.39, 0.29) is 28.6 Å². The summed E-state index contributed by atoms with van der Waals surface area (Å²) in [7, 11) is 1.63. The molecule has 1 aliphatic heterocycles. The summed E-state index contributed by atoms with van der Waals surface area (Å²) in [5.41, 5.74) is 0.193. The first kappa shape index (κ1) is 21.7. The average Bonchev–Trinajstić information content (AvgIpc) is 3.40. The van der Waals surface area contributed by atoms with Crippen LogP contribution in [0.15, 0.2) is 18.5 Å². The largest absolute Gasteiger partial charge is 0.357 e. The number of likely N-dealkylation sites (N-methyl/N-ethyl adjacent to an activating group) is 1. The van der Waals surface area contributed by atoms with Crippen LogP contribution in [0.3, 0.4) is 0 Å². The van der Waals surface area contributed by atoms with E-state index in [0.717, 1.165) is 25.1 Å². The van der Waals surface area contributed by atoms with Crippen LogP contribution < -0.4 is 10.6 Å². The Bertz CT molecular complexity index is 938. The molecule has 3 saturated carbocycles. The minimum absolute atomic E-state index is 0.0137. The third-order valence-electron chi connectivity index (χ3n) is 9.96. The fourth-order valence-corrected chi connectivity index (χ4v) is 8.25. The maximum absolute atomic E-state index is 13.3. The number of carbonyl (C=O) groups excluding carboxylic acids is 2. The van der Waals surface area contributed by atoms with E-state index in [1.54, 1.807) is 7.05 Å². The molecule has 2 heterocycles. The van der Waals surface area contributed by atoms with Crippen molar-refractivity contribution >= 4 is 17.9 Å². The van der Waals surface area contributed by atoms with Crippen molar-refractivity contribution in [1.82, 2.24) is 20.2 Å². The lowest BCUT2D eigenvalue weighted by Crippen LogP contribution is -2.54. The monoisotopic (exact) mass is 438 g/mol. The Morgan fingerprint density at radius 1 is 1.19 bits per heavy atom. The second-order valence-electron chi connectivity index (χ2n) is 11.1.